The second-order valence-corrected chi connectivity index (χ2v) is 8.89. The van der Waals surface area contributed by atoms with E-state index in [9.17, 15) is 4.79 Å². The highest BCUT2D eigenvalue weighted by Crippen LogP contribution is 2.27. The first-order chi connectivity index (χ1) is 17.5. The molecule has 0 bridgehead atoms. The minimum Gasteiger partial charge on any atom is -0.353 e. The molecule has 0 saturated carbocycles. The first-order valence-corrected chi connectivity index (χ1v) is 12.3. The van der Waals surface area contributed by atoms with Crippen molar-refractivity contribution in [1.82, 2.24) is 29.9 Å². The Morgan fingerprint density at radius 1 is 1.00 bits per heavy atom. The summed E-state index contributed by atoms with van der Waals surface area (Å²) in [7, 11) is 0. The number of anilines is 1. The zero-order valence-corrected chi connectivity index (χ0v) is 20.7. The zero-order chi connectivity index (χ0) is 25.1. The fourth-order valence-corrected chi connectivity index (χ4v) is 4.20. The van der Waals surface area contributed by atoms with Crippen molar-refractivity contribution in [3.8, 4) is 11.1 Å². The molecule has 1 atom stereocenters. The molecule has 1 amide bonds. The fraction of sp³-hybridized carbons (Fsp3) is 0.250. The lowest BCUT2D eigenvalue weighted by Crippen LogP contribution is -2.28. The summed E-state index contributed by atoms with van der Waals surface area (Å²) >= 11 is 0. The minimum atomic E-state index is -0.227. The van der Waals surface area contributed by atoms with Crippen LogP contribution in [0.15, 0.2) is 66.9 Å². The van der Waals surface area contributed by atoms with Crippen LogP contribution in [-0.4, -0.2) is 37.0 Å². The smallest absolute Gasteiger partial charge is 0.271 e. The molecule has 182 valence electrons. The minimum absolute atomic E-state index is 0.150. The molecule has 2 N–H and O–H groups in total. The lowest BCUT2D eigenvalue weighted by Gasteiger charge is -2.15. The maximum Gasteiger partial charge on any atom is 0.271 e. The molecule has 0 saturated heterocycles. The quantitative estimate of drug-likeness (QED) is 0.291. The van der Waals surface area contributed by atoms with Gasteiger partial charge in [0.1, 0.15) is 11.5 Å². The van der Waals surface area contributed by atoms with E-state index in [0.29, 0.717) is 22.9 Å². The van der Waals surface area contributed by atoms with Crippen molar-refractivity contribution in [2.24, 2.45) is 0 Å². The van der Waals surface area contributed by atoms with E-state index in [0.717, 1.165) is 47.2 Å². The number of unbranched alkanes of at least 4 members (excludes halogenated alkanes) is 1. The Bertz CT molecular complexity index is 1530. The van der Waals surface area contributed by atoms with Gasteiger partial charge in [-0.25, -0.2) is 14.5 Å². The van der Waals surface area contributed by atoms with Crippen LogP contribution in [0.25, 0.3) is 27.7 Å². The zero-order valence-electron chi connectivity index (χ0n) is 20.7. The van der Waals surface area contributed by atoms with Gasteiger partial charge in [0.05, 0.1) is 11.6 Å². The highest BCUT2D eigenvalue weighted by atomic mass is 16.1. The molecular formula is C28H29N7O. The summed E-state index contributed by atoms with van der Waals surface area (Å²) in [6.45, 7) is 6.77. The number of nitrogens with zero attached hydrogens (tertiary/aromatic N) is 5. The van der Waals surface area contributed by atoms with Crippen molar-refractivity contribution in [3.63, 3.8) is 0 Å². The molecule has 8 nitrogen and oxygen atoms in total. The predicted octanol–water partition coefficient (Wildman–Crippen LogP) is 5.35. The third-order valence-electron chi connectivity index (χ3n) is 6.15. The third-order valence-corrected chi connectivity index (χ3v) is 6.15. The number of pyridine rings is 1. The highest BCUT2D eigenvalue weighted by Gasteiger charge is 2.18. The normalized spacial score (nSPS) is 12.1. The molecule has 5 rings (SSSR count). The summed E-state index contributed by atoms with van der Waals surface area (Å²) in [6, 6.07) is 19.6. The summed E-state index contributed by atoms with van der Waals surface area (Å²) < 4.78 is 1.76. The van der Waals surface area contributed by atoms with Crippen LogP contribution in [0.3, 0.4) is 0 Å². The van der Waals surface area contributed by atoms with Gasteiger partial charge in [-0.1, -0.05) is 49.7 Å². The van der Waals surface area contributed by atoms with E-state index in [2.05, 4.69) is 37.6 Å². The summed E-state index contributed by atoms with van der Waals surface area (Å²) in [5, 5.41) is 11.5. The Morgan fingerprint density at radius 3 is 2.61 bits per heavy atom. The lowest BCUT2D eigenvalue weighted by molar-refractivity contribution is 0.0936. The standard InChI is InChI=1S/C28H29N7O/c1-4-5-14-29-28-33-25-17-22(13-15-35(25)34-28)21-11-12-24-23(16-21)26(32-19(3)31-24)27(36)30-18(2)20-9-7-6-8-10-20/h6-13,15-18H,4-5,14H2,1-3H3,(H,29,34)(H,30,36)/t18-/m0/s1. The van der Waals surface area contributed by atoms with Gasteiger partial charge in [0.15, 0.2) is 5.65 Å². The Hall–Kier alpha value is -4.33. The number of hydrogen-bond acceptors (Lipinski definition) is 6. The van der Waals surface area contributed by atoms with Crippen LogP contribution in [0.2, 0.25) is 0 Å². The number of carbonyl (C=O) groups excluding carboxylic acids is 1. The summed E-state index contributed by atoms with van der Waals surface area (Å²) in [4.78, 5) is 27.0. The van der Waals surface area contributed by atoms with Gasteiger partial charge >= 0.3 is 0 Å². The fourth-order valence-electron chi connectivity index (χ4n) is 4.20. The molecule has 8 heteroatoms. The SMILES string of the molecule is CCCCNc1nc2cc(-c3ccc4nc(C)nc(C(=O)N[C@@H](C)c5ccccc5)c4c3)ccn2n1. The second-order valence-electron chi connectivity index (χ2n) is 8.89. The number of nitrogens with one attached hydrogen (secondary N) is 2. The Balaban J connectivity index is 1.47. The predicted molar refractivity (Wildman–Crippen MR) is 142 cm³/mol. The van der Waals surface area contributed by atoms with Gasteiger partial charge in [0.2, 0.25) is 5.95 Å². The van der Waals surface area contributed by atoms with E-state index in [1.807, 2.05) is 73.8 Å². The van der Waals surface area contributed by atoms with E-state index < -0.39 is 0 Å². The second kappa shape index (κ2) is 10.1. The van der Waals surface area contributed by atoms with Crippen LogP contribution in [0.5, 0.6) is 0 Å². The third kappa shape index (κ3) is 4.88. The summed E-state index contributed by atoms with van der Waals surface area (Å²) in [5.74, 6) is 0.949. The number of rotatable bonds is 8. The topological polar surface area (TPSA) is 97.1 Å². The number of aryl methyl sites for hydroxylation is 1. The number of hydrogen-bond donors (Lipinski definition) is 2. The molecule has 0 aliphatic heterocycles. The average Bonchev–Trinajstić information content (AvgIpc) is 3.30. The van der Waals surface area contributed by atoms with E-state index in [1.165, 1.54) is 0 Å². The molecule has 36 heavy (non-hydrogen) atoms. The first-order valence-electron chi connectivity index (χ1n) is 12.3. The van der Waals surface area contributed by atoms with Crippen molar-refractivity contribution in [3.05, 3.63) is 83.9 Å². The van der Waals surface area contributed by atoms with Gasteiger partial charge in [-0.2, -0.15) is 4.98 Å². The number of benzene rings is 2. The average molecular weight is 480 g/mol. The molecule has 3 heterocycles. The van der Waals surface area contributed by atoms with E-state index >= 15 is 0 Å². The highest BCUT2D eigenvalue weighted by molar-refractivity contribution is 6.05. The van der Waals surface area contributed by atoms with Gasteiger partial charge in [-0.3, -0.25) is 4.79 Å². The van der Waals surface area contributed by atoms with Crippen LogP contribution in [0.4, 0.5) is 5.95 Å². The van der Waals surface area contributed by atoms with Crippen LogP contribution in [0, 0.1) is 6.92 Å². The molecule has 0 fully saturated rings. The number of amides is 1. The van der Waals surface area contributed by atoms with Gasteiger partial charge in [-0.05, 0) is 61.2 Å². The molecule has 0 aliphatic carbocycles. The molecular weight excluding hydrogens is 450 g/mol. The van der Waals surface area contributed by atoms with Gasteiger partial charge in [0, 0.05) is 18.1 Å². The van der Waals surface area contributed by atoms with Crippen molar-refractivity contribution >= 4 is 28.4 Å². The van der Waals surface area contributed by atoms with Gasteiger partial charge in [0.25, 0.3) is 5.91 Å². The van der Waals surface area contributed by atoms with Gasteiger partial charge < -0.3 is 10.6 Å². The van der Waals surface area contributed by atoms with Crippen molar-refractivity contribution in [2.75, 3.05) is 11.9 Å². The maximum atomic E-state index is 13.3. The molecule has 0 unspecified atom stereocenters. The molecule has 0 radical (unpaired) electrons. The number of aromatic nitrogens is 5. The van der Waals surface area contributed by atoms with Crippen molar-refractivity contribution < 1.29 is 4.79 Å². The summed E-state index contributed by atoms with van der Waals surface area (Å²) in [5.41, 5.74) is 4.81. The number of fused-ring (bicyclic) bond motifs is 2. The van der Waals surface area contributed by atoms with Crippen molar-refractivity contribution in [2.45, 2.75) is 39.7 Å². The molecule has 3 aromatic heterocycles. The van der Waals surface area contributed by atoms with E-state index in [-0.39, 0.29) is 11.9 Å². The first kappa shape index (κ1) is 23.4. The van der Waals surface area contributed by atoms with Crippen LogP contribution >= 0.6 is 0 Å². The molecule has 2 aromatic carbocycles. The molecule has 0 spiro atoms. The maximum absolute atomic E-state index is 13.3. The Kier molecular flexibility index (Phi) is 6.58. The monoisotopic (exact) mass is 479 g/mol. The largest absolute Gasteiger partial charge is 0.353 e. The van der Waals surface area contributed by atoms with E-state index in [1.54, 1.807) is 11.4 Å². The van der Waals surface area contributed by atoms with Crippen LogP contribution in [-0.2, 0) is 0 Å². The van der Waals surface area contributed by atoms with Crippen molar-refractivity contribution in [1.29, 1.82) is 0 Å². The van der Waals surface area contributed by atoms with Crippen LogP contribution in [0.1, 0.15) is 54.6 Å². The summed E-state index contributed by atoms with van der Waals surface area (Å²) in [6.07, 6.45) is 4.08. The number of carbonyl (C=O) groups is 1. The van der Waals surface area contributed by atoms with Gasteiger partial charge in [-0.15, -0.1) is 5.10 Å². The molecule has 0 aliphatic rings. The van der Waals surface area contributed by atoms with E-state index in [4.69, 9.17) is 0 Å². The Morgan fingerprint density at radius 2 is 1.81 bits per heavy atom. The lowest BCUT2D eigenvalue weighted by atomic mass is 10.0. The molecule has 5 aromatic rings. The Labute approximate surface area is 209 Å². The van der Waals surface area contributed by atoms with Crippen LogP contribution < -0.4 is 10.6 Å².